The average molecular weight is 188 g/mol. The van der Waals surface area contributed by atoms with E-state index in [9.17, 15) is 0 Å². The van der Waals surface area contributed by atoms with E-state index in [0.717, 1.165) is 6.54 Å². The van der Waals surface area contributed by atoms with E-state index in [2.05, 4.69) is 42.8 Å². The zero-order valence-electron chi connectivity index (χ0n) is 8.75. The summed E-state index contributed by atoms with van der Waals surface area (Å²) >= 11 is 0. The third kappa shape index (κ3) is 1.32. The molecule has 0 fully saturated rings. The van der Waals surface area contributed by atoms with E-state index in [-0.39, 0.29) is 0 Å². The summed E-state index contributed by atoms with van der Waals surface area (Å²) in [6.45, 7) is 5.95. The molecule has 0 aliphatic carbocycles. The molecule has 0 aliphatic rings. The van der Waals surface area contributed by atoms with E-state index in [1.165, 1.54) is 22.0 Å². The molecule has 74 valence electrons. The fourth-order valence-electron chi connectivity index (χ4n) is 1.91. The molecule has 0 saturated heterocycles. The van der Waals surface area contributed by atoms with E-state index in [1.54, 1.807) is 0 Å². The Morgan fingerprint density at radius 2 is 2.14 bits per heavy atom. The molecular formula is C12H16N2. The summed E-state index contributed by atoms with van der Waals surface area (Å²) < 4.78 is 2.27. The Labute approximate surface area is 84.3 Å². The number of rotatable bonds is 2. The molecule has 1 aromatic heterocycles. The molecule has 0 bridgehead atoms. The third-order valence-corrected chi connectivity index (χ3v) is 2.72. The maximum absolute atomic E-state index is 5.62. The van der Waals surface area contributed by atoms with Crippen LogP contribution in [0.2, 0.25) is 0 Å². The van der Waals surface area contributed by atoms with Crippen LogP contribution < -0.4 is 5.73 Å². The molecule has 0 radical (unpaired) electrons. The number of aryl methyl sites for hydroxylation is 2. The van der Waals surface area contributed by atoms with Crippen molar-refractivity contribution in [2.75, 3.05) is 0 Å². The Morgan fingerprint density at radius 3 is 2.79 bits per heavy atom. The number of fused-ring (bicyclic) bond motifs is 1. The molecular weight excluding hydrogens is 172 g/mol. The Hall–Kier alpha value is -1.28. The molecule has 2 N–H and O–H groups in total. The van der Waals surface area contributed by atoms with Gasteiger partial charge in [-0.25, -0.2) is 0 Å². The minimum atomic E-state index is 0.618. The Kier molecular flexibility index (Phi) is 2.30. The first-order valence-electron chi connectivity index (χ1n) is 5.04. The van der Waals surface area contributed by atoms with Crippen molar-refractivity contribution in [3.05, 3.63) is 35.5 Å². The van der Waals surface area contributed by atoms with E-state index in [4.69, 9.17) is 5.73 Å². The monoisotopic (exact) mass is 188 g/mol. The van der Waals surface area contributed by atoms with Crippen molar-refractivity contribution in [3.63, 3.8) is 0 Å². The highest BCUT2D eigenvalue weighted by Crippen LogP contribution is 2.21. The Morgan fingerprint density at radius 1 is 1.36 bits per heavy atom. The van der Waals surface area contributed by atoms with Crippen LogP contribution in [0.25, 0.3) is 10.9 Å². The van der Waals surface area contributed by atoms with E-state index >= 15 is 0 Å². The SMILES string of the molecule is CCn1cc(C)c2cc(CN)ccc21. The van der Waals surface area contributed by atoms with Gasteiger partial charge in [0.15, 0.2) is 0 Å². The summed E-state index contributed by atoms with van der Waals surface area (Å²) in [6, 6.07) is 6.46. The maximum Gasteiger partial charge on any atom is 0.0483 e. The summed E-state index contributed by atoms with van der Waals surface area (Å²) in [5.74, 6) is 0. The van der Waals surface area contributed by atoms with Crippen molar-refractivity contribution < 1.29 is 0 Å². The zero-order chi connectivity index (χ0) is 10.1. The number of benzene rings is 1. The summed E-state index contributed by atoms with van der Waals surface area (Å²) in [7, 11) is 0. The van der Waals surface area contributed by atoms with Gasteiger partial charge in [0, 0.05) is 30.2 Å². The van der Waals surface area contributed by atoms with Gasteiger partial charge < -0.3 is 10.3 Å². The number of aromatic nitrogens is 1. The highest BCUT2D eigenvalue weighted by atomic mass is 14.9. The van der Waals surface area contributed by atoms with E-state index in [0.29, 0.717) is 6.54 Å². The molecule has 2 heteroatoms. The predicted molar refractivity (Wildman–Crippen MR) is 60.2 cm³/mol. The Bertz CT molecular complexity index is 455. The molecule has 0 amide bonds. The standard InChI is InChI=1S/C12H16N2/c1-3-14-8-9(2)11-6-10(7-13)4-5-12(11)14/h4-6,8H,3,7,13H2,1-2H3. The first-order chi connectivity index (χ1) is 6.76. The number of nitrogens with zero attached hydrogens (tertiary/aromatic N) is 1. The number of nitrogens with two attached hydrogens (primary N) is 1. The van der Waals surface area contributed by atoms with Gasteiger partial charge in [0.25, 0.3) is 0 Å². The lowest BCUT2D eigenvalue weighted by Gasteiger charge is -2.01. The lowest BCUT2D eigenvalue weighted by atomic mass is 10.1. The fourth-order valence-corrected chi connectivity index (χ4v) is 1.91. The van der Waals surface area contributed by atoms with Gasteiger partial charge in [-0.2, -0.15) is 0 Å². The maximum atomic E-state index is 5.62. The lowest BCUT2D eigenvalue weighted by molar-refractivity contribution is 0.795. The van der Waals surface area contributed by atoms with Gasteiger partial charge in [-0.05, 0) is 37.1 Å². The van der Waals surface area contributed by atoms with Crippen LogP contribution in [0.1, 0.15) is 18.1 Å². The van der Waals surface area contributed by atoms with Gasteiger partial charge in [-0.15, -0.1) is 0 Å². The second-order valence-electron chi connectivity index (χ2n) is 3.65. The van der Waals surface area contributed by atoms with Crippen molar-refractivity contribution in [1.82, 2.24) is 4.57 Å². The molecule has 1 aromatic carbocycles. The molecule has 0 unspecified atom stereocenters. The average Bonchev–Trinajstić information content (AvgIpc) is 2.55. The number of hydrogen-bond donors (Lipinski definition) is 1. The summed E-state index contributed by atoms with van der Waals surface area (Å²) in [6.07, 6.45) is 2.20. The van der Waals surface area contributed by atoms with Gasteiger partial charge >= 0.3 is 0 Å². The van der Waals surface area contributed by atoms with Crippen molar-refractivity contribution >= 4 is 10.9 Å². The highest BCUT2D eigenvalue weighted by molar-refractivity contribution is 5.84. The van der Waals surface area contributed by atoms with Crippen molar-refractivity contribution in [2.45, 2.75) is 26.9 Å². The predicted octanol–water partition coefficient (Wildman–Crippen LogP) is 2.43. The smallest absolute Gasteiger partial charge is 0.0483 e. The first kappa shape index (κ1) is 9.28. The molecule has 2 nitrogen and oxygen atoms in total. The first-order valence-corrected chi connectivity index (χ1v) is 5.04. The van der Waals surface area contributed by atoms with Crippen LogP contribution >= 0.6 is 0 Å². The highest BCUT2D eigenvalue weighted by Gasteiger charge is 2.04. The zero-order valence-corrected chi connectivity index (χ0v) is 8.75. The van der Waals surface area contributed by atoms with E-state index in [1.807, 2.05) is 0 Å². The van der Waals surface area contributed by atoms with Crippen LogP contribution in [-0.4, -0.2) is 4.57 Å². The van der Waals surface area contributed by atoms with Gasteiger partial charge in [0.05, 0.1) is 0 Å². The summed E-state index contributed by atoms with van der Waals surface area (Å²) in [4.78, 5) is 0. The van der Waals surface area contributed by atoms with Crippen molar-refractivity contribution in [3.8, 4) is 0 Å². The van der Waals surface area contributed by atoms with Gasteiger partial charge in [0.2, 0.25) is 0 Å². The van der Waals surface area contributed by atoms with Gasteiger partial charge in [-0.1, -0.05) is 6.07 Å². The molecule has 0 aliphatic heterocycles. The molecule has 0 atom stereocenters. The van der Waals surface area contributed by atoms with Crippen LogP contribution in [-0.2, 0) is 13.1 Å². The molecule has 0 saturated carbocycles. The Balaban J connectivity index is 2.70. The second kappa shape index (κ2) is 3.46. The topological polar surface area (TPSA) is 30.9 Å². The molecule has 1 heterocycles. The third-order valence-electron chi connectivity index (χ3n) is 2.72. The van der Waals surface area contributed by atoms with Crippen molar-refractivity contribution in [1.29, 1.82) is 0 Å². The van der Waals surface area contributed by atoms with Crippen molar-refractivity contribution in [2.24, 2.45) is 5.73 Å². The van der Waals surface area contributed by atoms with Gasteiger partial charge in [-0.3, -0.25) is 0 Å². The normalized spacial score (nSPS) is 11.1. The van der Waals surface area contributed by atoms with Crippen LogP contribution in [0.3, 0.4) is 0 Å². The van der Waals surface area contributed by atoms with Crippen LogP contribution in [0, 0.1) is 6.92 Å². The minimum Gasteiger partial charge on any atom is -0.347 e. The largest absolute Gasteiger partial charge is 0.347 e. The minimum absolute atomic E-state index is 0.618. The van der Waals surface area contributed by atoms with Crippen LogP contribution in [0.4, 0.5) is 0 Å². The molecule has 2 rings (SSSR count). The summed E-state index contributed by atoms with van der Waals surface area (Å²) in [5.41, 5.74) is 9.46. The molecule has 14 heavy (non-hydrogen) atoms. The lowest BCUT2D eigenvalue weighted by Crippen LogP contribution is -1.96. The van der Waals surface area contributed by atoms with E-state index < -0.39 is 0 Å². The van der Waals surface area contributed by atoms with Gasteiger partial charge in [0.1, 0.15) is 0 Å². The van der Waals surface area contributed by atoms with Crippen LogP contribution in [0.15, 0.2) is 24.4 Å². The quantitative estimate of drug-likeness (QED) is 0.771. The summed E-state index contributed by atoms with van der Waals surface area (Å²) in [5, 5.41) is 1.33. The second-order valence-corrected chi connectivity index (χ2v) is 3.65. The fraction of sp³-hybridized carbons (Fsp3) is 0.333. The number of hydrogen-bond acceptors (Lipinski definition) is 1. The molecule has 2 aromatic rings. The van der Waals surface area contributed by atoms with Crippen LogP contribution in [0.5, 0.6) is 0 Å². The molecule has 0 spiro atoms.